The number of aromatic nitrogens is 1. The van der Waals surface area contributed by atoms with E-state index in [0.29, 0.717) is 35.6 Å². The van der Waals surface area contributed by atoms with Gasteiger partial charge in [-0.05, 0) is 117 Å². The predicted octanol–water partition coefficient (Wildman–Crippen LogP) is 7.98. The maximum Gasteiger partial charge on any atom is 0.331 e. The molecule has 0 bridgehead atoms. The Morgan fingerprint density at radius 3 is 2.65 bits per heavy atom. The van der Waals surface area contributed by atoms with Crippen molar-refractivity contribution in [3.63, 3.8) is 0 Å². The molecule has 0 amide bonds. The molecule has 1 N–H and O–H groups in total. The molecule has 3 atom stereocenters. The van der Waals surface area contributed by atoms with Crippen molar-refractivity contribution < 1.29 is 9.53 Å². The molecule has 1 heterocycles. The highest BCUT2D eigenvalue weighted by Crippen LogP contribution is 2.56. The largest absolute Gasteiger partial charge is 0.467 e. The number of anilines is 1. The normalized spacial score (nSPS) is 26.9. The second kappa shape index (κ2) is 11.8. The number of carbonyl (C=O) groups is 1. The number of aryl methyl sites for hydroxylation is 1. The van der Waals surface area contributed by atoms with Gasteiger partial charge in [-0.2, -0.15) is 0 Å². The van der Waals surface area contributed by atoms with E-state index < -0.39 is 5.54 Å². The summed E-state index contributed by atoms with van der Waals surface area (Å²) in [6, 6.07) is 16.6. The Morgan fingerprint density at radius 2 is 1.91 bits per heavy atom. The van der Waals surface area contributed by atoms with E-state index in [1.165, 1.54) is 23.9 Å². The van der Waals surface area contributed by atoms with Crippen molar-refractivity contribution in [2.24, 2.45) is 11.8 Å². The fourth-order valence-corrected chi connectivity index (χ4v) is 9.02. The first-order valence-electron chi connectivity index (χ1n) is 16.1. The second-order valence-electron chi connectivity index (χ2n) is 13.7. The van der Waals surface area contributed by atoms with E-state index in [-0.39, 0.29) is 16.8 Å². The van der Waals surface area contributed by atoms with Gasteiger partial charge in [0.25, 0.3) is 0 Å². The van der Waals surface area contributed by atoms with Crippen LogP contribution in [0, 0.1) is 18.8 Å². The summed E-state index contributed by atoms with van der Waals surface area (Å²) >= 11 is 6.29. The van der Waals surface area contributed by atoms with E-state index in [0.717, 1.165) is 68.3 Å². The molecule has 43 heavy (non-hydrogen) atoms. The lowest BCUT2D eigenvalue weighted by Crippen LogP contribution is -2.53. The molecule has 1 fully saturated rings. The monoisotopic (exact) mass is 600 g/mol. The van der Waals surface area contributed by atoms with E-state index in [2.05, 4.69) is 54.2 Å². The molecule has 0 radical (unpaired) electrons. The Hall–Kier alpha value is -3.05. The lowest BCUT2D eigenvalue weighted by atomic mass is 9.59. The standard InChI is InChI=1S/C37H45ClN2O3/c1-24(22-40-23-26(3)34(41)33-25(2)9-7-14-32(33)40)19-28-20-27-10-5-6-13-31(27)36(28)15-17-37(18-16-36,35(42)43-4)39-30-12-8-11-29(38)21-30/h5-6,8,10-13,21,23-25,28,39H,7,9,14-20,22H2,1-4H3/t24-,25?,28?,36?,37?/m1/s1. The number of methoxy groups -OCH3 is 1. The molecule has 6 heteroatoms. The van der Waals surface area contributed by atoms with Crippen LogP contribution in [0.25, 0.3) is 0 Å². The van der Waals surface area contributed by atoms with E-state index in [9.17, 15) is 9.59 Å². The highest BCUT2D eigenvalue weighted by atomic mass is 35.5. The van der Waals surface area contributed by atoms with Crippen molar-refractivity contribution in [3.05, 3.63) is 97.9 Å². The van der Waals surface area contributed by atoms with Crippen LogP contribution in [0.3, 0.4) is 0 Å². The molecule has 1 spiro atoms. The summed E-state index contributed by atoms with van der Waals surface area (Å²) in [6.07, 6.45) is 10.8. The molecule has 2 unspecified atom stereocenters. The molecule has 1 aromatic heterocycles. The van der Waals surface area contributed by atoms with Gasteiger partial charge in [0.15, 0.2) is 5.43 Å². The predicted molar refractivity (Wildman–Crippen MR) is 174 cm³/mol. The number of ether oxygens (including phenoxy) is 1. The SMILES string of the molecule is COC(=O)C1(Nc2cccc(Cl)c2)CCC2(CC1)c1ccccc1CC2C[C@@H](C)Cn1cc(C)c(=O)c2c1CCCC2C. The van der Waals surface area contributed by atoms with Crippen molar-refractivity contribution in [2.45, 2.75) is 102 Å². The van der Waals surface area contributed by atoms with E-state index in [1.807, 2.05) is 31.2 Å². The summed E-state index contributed by atoms with van der Waals surface area (Å²) < 4.78 is 7.80. The first kappa shape index (κ1) is 30.0. The third-order valence-corrected chi connectivity index (χ3v) is 11.2. The summed E-state index contributed by atoms with van der Waals surface area (Å²) in [5.74, 6) is 1.09. The number of rotatable bonds is 7. The van der Waals surface area contributed by atoms with Crippen molar-refractivity contribution in [2.75, 3.05) is 12.4 Å². The lowest BCUT2D eigenvalue weighted by molar-refractivity contribution is -0.148. The molecule has 2 aromatic carbocycles. The van der Waals surface area contributed by atoms with Crippen molar-refractivity contribution in [1.29, 1.82) is 0 Å². The fourth-order valence-electron chi connectivity index (χ4n) is 8.83. The molecule has 3 aliphatic rings. The Morgan fingerprint density at radius 1 is 1.14 bits per heavy atom. The van der Waals surface area contributed by atoms with Gasteiger partial charge in [0.2, 0.25) is 0 Å². The molecule has 5 nitrogen and oxygen atoms in total. The Bertz CT molecular complexity index is 1570. The van der Waals surface area contributed by atoms with E-state index >= 15 is 0 Å². The van der Waals surface area contributed by atoms with Gasteiger partial charge in [0.1, 0.15) is 5.54 Å². The van der Waals surface area contributed by atoms with Gasteiger partial charge in [-0.3, -0.25) is 4.79 Å². The molecule has 3 aliphatic carbocycles. The van der Waals surface area contributed by atoms with Crippen molar-refractivity contribution in [3.8, 4) is 0 Å². The number of nitrogens with zero attached hydrogens (tertiary/aromatic N) is 1. The lowest BCUT2D eigenvalue weighted by Gasteiger charge is -2.48. The Balaban J connectivity index is 1.26. The summed E-state index contributed by atoms with van der Waals surface area (Å²) in [4.78, 5) is 26.4. The van der Waals surface area contributed by atoms with Crippen LogP contribution in [0.4, 0.5) is 5.69 Å². The van der Waals surface area contributed by atoms with Crippen LogP contribution in [0.2, 0.25) is 5.02 Å². The Labute approximate surface area is 261 Å². The quantitative estimate of drug-likeness (QED) is 0.279. The number of benzene rings is 2. The van der Waals surface area contributed by atoms with Gasteiger partial charge < -0.3 is 14.6 Å². The number of fused-ring (bicyclic) bond motifs is 3. The average molecular weight is 601 g/mol. The van der Waals surface area contributed by atoms with Crippen molar-refractivity contribution >= 4 is 23.3 Å². The first-order valence-corrected chi connectivity index (χ1v) is 16.5. The minimum absolute atomic E-state index is 0.0335. The number of hydrogen-bond donors (Lipinski definition) is 1. The van der Waals surface area contributed by atoms with Gasteiger partial charge in [0.05, 0.1) is 7.11 Å². The summed E-state index contributed by atoms with van der Waals surface area (Å²) in [7, 11) is 1.49. The number of halogens is 1. The summed E-state index contributed by atoms with van der Waals surface area (Å²) in [5, 5.41) is 4.20. The third-order valence-electron chi connectivity index (χ3n) is 10.9. The summed E-state index contributed by atoms with van der Waals surface area (Å²) in [6.45, 7) is 7.50. The topological polar surface area (TPSA) is 60.3 Å². The molecular formula is C37H45ClN2O3. The van der Waals surface area contributed by atoms with Crippen LogP contribution in [0.1, 0.15) is 92.7 Å². The van der Waals surface area contributed by atoms with Crippen molar-refractivity contribution in [1.82, 2.24) is 4.57 Å². The summed E-state index contributed by atoms with van der Waals surface area (Å²) in [5.41, 5.74) is 6.47. The second-order valence-corrected chi connectivity index (χ2v) is 14.1. The van der Waals surface area contributed by atoms with Crippen LogP contribution >= 0.6 is 11.6 Å². The number of pyridine rings is 1. The minimum atomic E-state index is -0.776. The maximum atomic E-state index is 13.3. The molecule has 0 saturated heterocycles. The average Bonchev–Trinajstić information content (AvgIpc) is 3.28. The smallest absolute Gasteiger partial charge is 0.331 e. The van der Waals surface area contributed by atoms with Gasteiger partial charge in [0, 0.05) is 40.3 Å². The highest BCUT2D eigenvalue weighted by Gasteiger charge is 2.54. The molecule has 0 aliphatic heterocycles. The van der Waals surface area contributed by atoms with E-state index in [4.69, 9.17) is 16.3 Å². The van der Waals surface area contributed by atoms with E-state index in [1.54, 1.807) is 0 Å². The Kier molecular flexibility index (Phi) is 8.23. The van der Waals surface area contributed by atoms with Crippen LogP contribution in [-0.2, 0) is 34.3 Å². The molecular weight excluding hydrogens is 556 g/mol. The zero-order chi connectivity index (χ0) is 30.4. The number of carbonyl (C=O) groups excluding carboxylic acids is 1. The van der Waals surface area contributed by atoms with Crippen LogP contribution in [0.15, 0.2) is 59.5 Å². The molecule has 1 saturated carbocycles. The number of nitrogens with one attached hydrogen (secondary N) is 1. The van der Waals surface area contributed by atoms with Crippen LogP contribution in [-0.4, -0.2) is 23.2 Å². The van der Waals surface area contributed by atoms with Crippen LogP contribution < -0.4 is 10.7 Å². The minimum Gasteiger partial charge on any atom is -0.467 e. The maximum absolute atomic E-state index is 13.3. The molecule has 6 rings (SSSR count). The number of esters is 1. The van der Waals surface area contributed by atoms with Gasteiger partial charge >= 0.3 is 5.97 Å². The van der Waals surface area contributed by atoms with Crippen LogP contribution in [0.5, 0.6) is 0 Å². The fraction of sp³-hybridized carbons (Fsp3) is 0.514. The van der Waals surface area contributed by atoms with Gasteiger partial charge in [-0.1, -0.05) is 55.8 Å². The third kappa shape index (κ3) is 5.43. The zero-order valence-electron chi connectivity index (χ0n) is 26.0. The highest BCUT2D eigenvalue weighted by molar-refractivity contribution is 6.30. The first-order chi connectivity index (χ1) is 20.7. The zero-order valence-corrected chi connectivity index (χ0v) is 26.8. The van der Waals surface area contributed by atoms with Gasteiger partial charge in [-0.15, -0.1) is 0 Å². The number of hydrogen-bond acceptors (Lipinski definition) is 4. The molecule has 228 valence electrons. The van der Waals surface area contributed by atoms with Gasteiger partial charge in [-0.25, -0.2) is 4.79 Å². The molecule has 3 aromatic rings.